The van der Waals surface area contributed by atoms with Crippen molar-refractivity contribution in [3.05, 3.63) is 99.9 Å². The summed E-state index contributed by atoms with van der Waals surface area (Å²) in [6.07, 6.45) is 3.08. The Balaban J connectivity index is 1.58. The third-order valence-corrected chi connectivity index (χ3v) is 6.79. The lowest BCUT2D eigenvalue weighted by molar-refractivity contribution is -0.384. The molecular weight excluding hydrogens is 474 g/mol. The first-order valence-electron chi connectivity index (χ1n) is 11.8. The zero-order valence-corrected chi connectivity index (χ0v) is 20.2. The molecule has 1 unspecified atom stereocenters. The zero-order valence-electron chi connectivity index (χ0n) is 20.2. The monoisotopic (exact) mass is 499 g/mol. The van der Waals surface area contributed by atoms with Crippen molar-refractivity contribution in [3.8, 4) is 0 Å². The van der Waals surface area contributed by atoms with E-state index in [1.54, 1.807) is 36.7 Å². The van der Waals surface area contributed by atoms with Crippen molar-refractivity contribution in [1.29, 1.82) is 0 Å². The molecule has 10 heteroatoms. The van der Waals surface area contributed by atoms with Gasteiger partial charge in [-0.3, -0.25) is 29.6 Å². The van der Waals surface area contributed by atoms with Crippen molar-refractivity contribution < 1.29 is 19.6 Å². The number of aromatic nitrogens is 1. The smallest absolute Gasteiger partial charge is 0.300 e. The van der Waals surface area contributed by atoms with Gasteiger partial charge in [-0.05, 0) is 49.0 Å². The summed E-state index contributed by atoms with van der Waals surface area (Å²) in [4.78, 5) is 47.2. The molecule has 3 aromatic rings. The van der Waals surface area contributed by atoms with Gasteiger partial charge in [0.2, 0.25) is 0 Å². The van der Waals surface area contributed by atoms with Gasteiger partial charge in [-0.1, -0.05) is 12.1 Å². The van der Waals surface area contributed by atoms with Crippen LogP contribution < -0.4 is 9.80 Å². The molecule has 5 rings (SSSR count). The third-order valence-electron chi connectivity index (χ3n) is 6.79. The number of carbonyl (C=O) groups is 2. The lowest BCUT2D eigenvalue weighted by Gasteiger charge is -2.34. The van der Waals surface area contributed by atoms with Crippen LogP contribution >= 0.6 is 0 Å². The van der Waals surface area contributed by atoms with Gasteiger partial charge in [0.25, 0.3) is 17.4 Å². The molecule has 0 saturated carbocycles. The molecule has 37 heavy (non-hydrogen) atoms. The minimum atomic E-state index is -0.934. The number of likely N-dealkylation sites (N-methyl/N-ethyl adjacent to an activating group) is 1. The van der Waals surface area contributed by atoms with Crippen molar-refractivity contribution in [1.82, 2.24) is 9.88 Å². The molecule has 2 aliphatic rings. The number of hydrogen-bond acceptors (Lipinski definition) is 8. The topological polar surface area (TPSA) is 120 Å². The number of nitro benzene ring substituents is 1. The average Bonchev–Trinajstić information content (AvgIpc) is 3.19. The van der Waals surface area contributed by atoms with E-state index in [1.165, 1.54) is 29.2 Å². The number of benzene rings is 2. The Kier molecular flexibility index (Phi) is 6.41. The number of aliphatic hydroxyl groups is 1. The Morgan fingerprint density at radius 2 is 1.62 bits per heavy atom. The van der Waals surface area contributed by atoms with E-state index in [-0.39, 0.29) is 16.8 Å². The van der Waals surface area contributed by atoms with Crippen molar-refractivity contribution in [3.63, 3.8) is 0 Å². The Morgan fingerprint density at radius 1 is 0.973 bits per heavy atom. The minimum Gasteiger partial charge on any atom is -0.507 e. The number of Topliss-reactive ketones (excluding diaryl/α,β-unsaturated/α-hetero) is 1. The fraction of sp³-hybridized carbons (Fsp3) is 0.222. The van der Waals surface area contributed by atoms with Crippen LogP contribution in [0.15, 0.2) is 78.6 Å². The van der Waals surface area contributed by atoms with E-state index in [9.17, 15) is 24.8 Å². The summed E-state index contributed by atoms with van der Waals surface area (Å²) in [7, 11) is 2.09. The van der Waals surface area contributed by atoms with Crippen molar-refractivity contribution in [2.24, 2.45) is 0 Å². The second-order valence-electron chi connectivity index (χ2n) is 9.06. The molecule has 2 aliphatic heterocycles. The van der Waals surface area contributed by atoms with Gasteiger partial charge in [0.15, 0.2) is 0 Å². The van der Waals surface area contributed by atoms with Crippen molar-refractivity contribution in [2.45, 2.75) is 6.04 Å². The summed E-state index contributed by atoms with van der Waals surface area (Å²) >= 11 is 0. The van der Waals surface area contributed by atoms with Gasteiger partial charge < -0.3 is 14.9 Å². The second kappa shape index (κ2) is 9.82. The van der Waals surface area contributed by atoms with Crippen molar-refractivity contribution >= 4 is 34.5 Å². The number of rotatable bonds is 5. The number of anilines is 2. The highest BCUT2D eigenvalue weighted by Crippen LogP contribution is 2.42. The van der Waals surface area contributed by atoms with Crippen molar-refractivity contribution in [2.75, 3.05) is 43.0 Å². The van der Waals surface area contributed by atoms with Crippen LogP contribution in [0.2, 0.25) is 0 Å². The Hall–Kier alpha value is -4.57. The standard InChI is InChI=1S/C27H25N5O5/c1-29-13-15-30(16-14-29)20-5-7-21(8-6-20)31-24(18-9-11-28-12-10-18)23(26(34)27(31)35)25(33)19-3-2-4-22(17-19)32(36)37/h2-12,17,24,33H,13-16H2,1H3/b25-23-. The summed E-state index contributed by atoms with van der Waals surface area (Å²) in [6.45, 7) is 3.69. The molecule has 0 spiro atoms. The van der Waals surface area contributed by atoms with Gasteiger partial charge in [-0.25, -0.2) is 0 Å². The molecule has 2 saturated heterocycles. The van der Waals surface area contributed by atoms with Crippen LogP contribution in [-0.4, -0.2) is 64.8 Å². The molecule has 0 radical (unpaired) electrons. The molecular formula is C27H25N5O5. The maximum Gasteiger partial charge on any atom is 0.300 e. The number of aliphatic hydroxyl groups excluding tert-OH is 1. The van der Waals surface area contributed by atoms with Gasteiger partial charge in [-0.2, -0.15) is 0 Å². The minimum absolute atomic E-state index is 0.0803. The molecule has 2 fully saturated rings. The van der Waals surface area contributed by atoms with Gasteiger partial charge in [0.1, 0.15) is 5.76 Å². The number of hydrogen-bond donors (Lipinski definition) is 1. The van der Waals surface area contributed by atoms with E-state index in [1.807, 2.05) is 12.1 Å². The molecule has 10 nitrogen and oxygen atoms in total. The van der Waals surface area contributed by atoms with Crippen LogP contribution in [0.1, 0.15) is 17.2 Å². The van der Waals surface area contributed by atoms with Crippen LogP contribution in [0, 0.1) is 10.1 Å². The quantitative estimate of drug-likeness (QED) is 0.187. The van der Waals surface area contributed by atoms with E-state index in [0.717, 1.165) is 31.9 Å². The van der Waals surface area contributed by atoms with Gasteiger partial charge in [0.05, 0.1) is 16.5 Å². The summed E-state index contributed by atoms with van der Waals surface area (Å²) in [6, 6.07) is 15.2. The molecule has 1 amide bonds. The van der Waals surface area contributed by atoms with E-state index in [2.05, 4.69) is 21.8 Å². The maximum atomic E-state index is 13.3. The highest BCUT2D eigenvalue weighted by atomic mass is 16.6. The molecule has 3 heterocycles. The lowest BCUT2D eigenvalue weighted by Crippen LogP contribution is -2.44. The van der Waals surface area contributed by atoms with Crippen LogP contribution in [0.3, 0.4) is 0 Å². The fourth-order valence-corrected chi connectivity index (χ4v) is 4.77. The second-order valence-corrected chi connectivity index (χ2v) is 9.06. The lowest BCUT2D eigenvalue weighted by atomic mass is 9.95. The third kappa shape index (κ3) is 4.54. The van der Waals surface area contributed by atoms with Gasteiger partial charge >= 0.3 is 0 Å². The number of nitro groups is 1. The highest BCUT2D eigenvalue weighted by Gasteiger charge is 2.47. The molecule has 1 aromatic heterocycles. The zero-order chi connectivity index (χ0) is 26.1. The summed E-state index contributed by atoms with van der Waals surface area (Å²) in [5.41, 5.74) is 1.80. The number of pyridine rings is 1. The number of amides is 1. The Morgan fingerprint density at radius 3 is 2.27 bits per heavy atom. The average molecular weight is 500 g/mol. The number of ketones is 1. The SMILES string of the molecule is CN1CCN(c2ccc(N3C(=O)C(=O)/C(=C(\O)c4cccc([N+](=O)[O-])c4)C3c3ccncc3)cc2)CC1. The predicted octanol–water partition coefficient (Wildman–Crippen LogP) is 3.37. The molecule has 0 bridgehead atoms. The molecule has 0 aliphatic carbocycles. The van der Waals surface area contributed by atoms with E-state index >= 15 is 0 Å². The number of nitrogens with zero attached hydrogens (tertiary/aromatic N) is 5. The summed E-state index contributed by atoms with van der Waals surface area (Å²) < 4.78 is 0. The van der Waals surface area contributed by atoms with Gasteiger partial charge in [0, 0.05) is 67.6 Å². The first-order chi connectivity index (χ1) is 17.8. The Bertz CT molecular complexity index is 1380. The van der Waals surface area contributed by atoms with E-state index in [4.69, 9.17) is 0 Å². The molecule has 188 valence electrons. The first kappa shape index (κ1) is 24.1. The predicted molar refractivity (Wildman–Crippen MR) is 138 cm³/mol. The summed E-state index contributed by atoms with van der Waals surface area (Å²) in [5, 5.41) is 22.4. The summed E-state index contributed by atoms with van der Waals surface area (Å²) in [5.74, 6) is -2.13. The Labute approximate surface area is 213 Å². The van der Waals surface area contributed by atoms with Crippen LogP contribution in [0.25, 0.3) is 5.76 Å². The van der Waals surface area contributed by atoms with E-state index in [0.29, 0.717) is 11.3 Å². The van der Waals surface area contributed by atoms with Gasteiger partial charge in [-0.15, -0.1) is 0 Å². The first-order valence-corrected chi connectivity index (χ1v) is 11.8. The maximum absolute atomic E-state index is 13.3. The number of non-ortho nitro benzene ring substituents is 1. The number of piperazine rings is 1. The number of carbonyl (C=O) groups excluding carboxylic acids is 2. The molecule has 2 aromatic carbocycles. The molecule has 1 atom stereocenters. The normalized spacial score (nSPS) is 19.9. The molecule has 1 N–H and O–H groups in total. The van der Waals surface area contributed by atoms with E-state index < -0.39 is 28.4 Å². The van der Waals surface area contributed by atoms with Crippen LogP contribution in [0.4, 0.5) is 17.1 Å². The van der Waals surface area contributed by atoms with Crippen LogP contribution in [-0.2, 0) is 9.59 Å². The van der Waals surface area contributed by atoms with Crippen LogP contribution in [0.5, 0.6) is 0 Å². The highest BCUT2D eigenvalue weighted by molar-refractivity contribution is 6.51. The fourth-order valence-electron chi connectivity index (χ4n) is 4.77. The largest absolute Gasteiger partial charge is 0.507 e.